The van der Waals surface area contributed by atoms with Crippen LogP contribution in [0.15, 0.2) is 0 Å². The maximum absolute atomic E-state index is 9.20. The predicted octanol–water partition coefficient (Wildman–Crippen LogP) is -0.0118. The molecular weight excluding hydrogens is 122 g/mol. The Bertz CT molecular complexity index is 76.5. The first-order valence-corrected chi connectivity index (χ1v) is 3.31. The predicted molar refractivity (Wildman–Crippen MR) is 36.0 cm³/mol. The molecule has 0 aromatic carbocycles. The van der Waals surface area contributed by atoms with Crippen LogP contribution in [0.1, 0.15) is 12.8 Å². The van der Waals surface area contributed by atoms with Gasteiger partial charge < -0.3 is 10.4 Å². The third kappa shape index (κ3) is 1.65. The number of hydrogen-bond donors (Lipinski definition) is 3. The Balaban J connectivity index is 2.33. The van der Waals surface area contributed by atoms with Gasteiger partial charge in [0.05, 0.1) is 0 Å². The van der Waals surface area contributed by atoms with Crippen LogP contribution in [0, 0.1) is 0 Å². The van der Waals surface area contributed by atoms with E-state index in [-0.39, 0.29) is 0 Å². The highest BCUT2D eigenvalue weighted by atomic mass is 32.1. The zero-order valence-electron chi connectivity index (χ0n) is 4.72. The van der Waals surface area contributed by atoms with Crippen molar-refractivity contribution in [3.8, 4) is 0 Å². The Morgan fingerprint density at radius 1 is 1.38 bits per heavy atom. The van der Waals surface area contributed by atoms with Gasteiger partial charge in [0.15, 0.2) is 0 Å². The van der Waals surface area contributed by atoms with Crippen molar-refractivity contribution in [2.45, 2.75) is 17.8 Å². The summed E-state index contributed by atoms with van der Waals surface area (Å²) in [5.74, 6) is 0. The SMILES string of the molecule is OC1(S)CCNCC1. The number of hydrogen-bond acceptors (Lipinski definition) is 3. The van der Waals surface area contributed by atoms with Crippen molar-refractivity contribution in [2.75, 3.05) is 13.1 Å². The Morgan fingerprint density at radius 3 is 2.12 bits per heavy atom. The van der Waals surface area contributed by atoms with E-state index in [2.05, 4.69) is 17.9 Å². The van der Waals surface area contributed by atoms with Crippen molar-refractivity contribution >= 4 is 12.6 Å². The largest absolute Gasteiger partial charge is 0.380 e. The zero-order chi connectivity index (χ0) is 6.04. The zero-order valence-corrected chi connectivity index (χ0v) is 5.62. The van der Waals surface area contributed by atoms with E-state index in [1.54, 1.807) is 0 Å². The summed E-state index contributed by atoms with van der Waals surface area (Å²) < 4.78 is 0. The van der Waals surface area contributed by atoms with Gasteiger partial charge in [-0.05, 0) is 25.9 Å². The molecule has 1 heterocycles. The van der Waals surface area contributed by atoms with E-state index in [4.69, 9.17) is 0 Å². The standard InChI is InChI=1S/C5H11NOS/c7-5(8)1-3-6-4-2-5/h6-8H,1-4H2. The molecule has 1 aliphatic rings. The number of aliphatic hydroxyl groups is 1. The summed E-state index contributed by atoms with van der Waals surface area (Å²) in [4.78, 5) is -0.689. The summed E-state index contributed by atoms with van der Waals surface area (Å²) in [6, 6.07) is 0. The Hall–Kier alpha value is 0.270. The molecule has 0 spiro atoms. The molecule has 2 N–H and O–H groups in total. The van der Waals surface area contributed by atoms with Crippen LogP contribution in [0.25, 0.3) is 0 Å². The van der Waals surface area contributed by atoms with Gasteiger partial charge in [0, 0.05) is 0 Å². The van der Waals surface area contributed by atoms with Crippen molar-refractivity contribution in [3.05, 3.63) is 0 Å². The van der Waals surface area contributed by atoms with E-state index < -0.39 is 4.93 Å². The molecular formula is C5H11NOS. The molecule has 0 bridgehead atoms. The van der Waals surface area contributed by atoms with E-state index in [0.29, 0.717) is 0 Å². The van der Waals surface area contributed by atoms with Crippen LogP contribution in [-0.4, -0.2) is 23.1 Å². The molecule has 0 aromatic heterocycles. The summed E-state index contributed by atoms with van der Waals surface area (Å²) in [7, 11) is 0. The normalized spacial score (nSPS) is 27.8. The minimum atomic E-state index is -0.689. The van der Waals surface area contributed by atoms with Gasteiger partial charge in [-0.15, -0.1) is 12.6 Å². The monoisotopic (exact) mass is 133 g/mol. The first kappa shape index (κ1) is 6.39. The van der Waals surface area contributed by atoms with Gasteiger partial charge in [-0.1, -0.05) is 0 Å². The molecule has 0 radical (unpaired) electrons. The third-order valence-corrected chi connectivity index (χ3v) is 1.85. The van der Waals surface area contributed by atoms with Crippen LogP contribution in [0.5, 0.6) is 0 Å². The number of nitrogens with one attached hydrogen (secondary N) is 1. The van der Waals surface area contributed by atoms with Gasteiger partial charge in [0.2, 0.25) is 0 Å². The highest BCUT2D eigenvalue weighted by molar-refractivity contribution is 7.81. The van der Waals surface area contributed by atoms with Gasteiger partial charge in [0.1, 0.15) is 4.93 Å². The second-order valence-electron chi connectivity index (χ2n) is 2.23. The van der Waals surface area contributed by atoms with Crippen LogP contribution >= 0.6 is 12.6 Å². The van der Waals surface area contributed by atoms with Gasteiger partial charge in [-0.25, -0.2) is 0 Å². The second-order valence-corrected chi connectivity index (χ2v) is 3.06. The fourth-order valence-electron chi connectivity index (χ4n) is 0.827. The van der Waals surface area contributed by atoms with Gasteiger partial charge in [0.25, 0.3) is 0 Å². The molecule has 0 unspecified atom stereocenters. The van der Waals surface area contributed by atoms with Gasteiger partial charge in [-0.3, -0.25) is 0 Å². The molecule has 2 nitrogen and oxygen atoms in total. The molecule has 8 heavy (non-hydrogen) atoms. The Morgan fingerprint density at radius 2 is 1.88 bits per heavy atom. The third-order valence-electron chi connectivity index (χ3n) is 1.40. The molecule has 0 amide bonds. The fraction of sp³-hybridized carbons (Fsp3) is 1.00. The summed E-state index contributed by atoms with van der Waals surface area (Å²) in [5.41, 5.74) is 0. The highest BCUT2D eigenvalue weighted by Gasteiger charge is 2.23. The topological polar surface area (TPSA) is 32.3 Å². The fourth-order valence-corrected chi connectivity index (χ4v) is 1.05. The number of piperidine rings is 1. The molecule has 0 aromatic rings. The van der Waals surface area contributed by atoms with E-state index in [1.807, 2.05) is 0 Å². The second kappa shape index (κ2) is 2.25. The smallest absolute Gasteiger partial charge is 0.110 e. The Labute approximate surface area is 54.7 Å². The summed E-state index contributed by atoms with van der Waals surface area (Å²) in [6.07, 6.45) is 1.52. The highest BCUT2D eigenvalue weighted by Crippen LogP contribution is 2.20. The van der Waals surface area contributed by atoms with Crippen molar-refractivity contribution in [3.63, 3.8) is 0 Å². The van der Waals surface area contributed by atoms with Crippen molar-refractivity contribution in [2.24, 2.45) is 0 Å². The average Bonchev–Trinajstić information content (AvgIpc) is 1.65. The maximum atomic E-state index is 9.20. The molecule has 0 aliphatic carbocycles. The molecule has 1 aliphatic heterocycles. The molecule has 1 rings (SSSR count). The van der Waals surface area contributed by atoms with Crippen LogP contribution < -0.4 is 5.32 Å². The van der Waals surface area contributed by atoms with Crippen LogP contribution in [0.4, 0.5) is 0 Å². The summed E-state index contributed by atoms with van der Waals surface area (Å²) in [5, 5.41) is 12.3. The van der Waals surface area contributed by atoms with E-state index in [1.165, 1.54) is 0 Å². The van der Waals surface area contributed by atoms with Crippen LogP contribution in [0.3, 0.4) is 0 Å². The van der Waals surface area contributed by atoms with Crippen molar-refractivity contribution in [1.82, 2.24) is 5.32 Å². The molecule has 0 atom stereocenters. The van der Waals surface area contributed by atoms with E-state index >= 15 is 0 Å². The van der Waals surface area contributed by atoms with Crippen molar-refractivity contribution in [1.29, 1.82) is 0 Å². The van der Waals surface area contributed by atoms with E-state index in [9.17, 15) is 5.11 Å². The lowest BCUT2D eigenvalue weighted by Gasteiger charge is -2.26. The molecule has 3 heteroatoms. The Kier molecular flexibility index (Phi) is 1.80. The van der Waals surface area contributed by atoms with E-state index in [0.717, 1.165) is 25.9 Å². The van der Waals surface area contributed by atoms with Crippen LogP contribution in [-0.2, 0) is 0 Å². The number of rotatable bonds is 0. The first-order chi connectivity index (χ1) is 3.71. The first-order valence-electron chi connectivity index (χ1n) is 2.86. The lowest BCUT2D eigenvalue weighted by atomic mass is 10.1. The molecule has 0 saturated carbocycles. The van der Waals surface area contributed by atoms with Gasteiger partial charge in [-0.2, -0.15) is 0 Å². The minimum absolute atomic E-state index is 0.689. The molecule has 48 valence electrons. The summed E-state index contributed by atoms with van der Waals surface area (Å²) in [6.45, 7) is 1.78. The molecule has 1 fully saturated rings. The van der Waals surface area contributed by atoms with Crippen LogP contribution in [0.2, 0.25) is 0 Å². The summed E-state index contributed by atoms with van der Waals surface area (Å²) >= 11 is 4.03. The quantitative estimate of drug-likeness (QED) is 0.321. The van der Waals surface area contributed by atoms with Gasteiger partial charge >= 0.3 is 0 Å². The lowest BCUT2D eigenvalue weighted by molar-refractivity contribution is 0.104. The molecule has 1 saturated heterocycles. The van der Waals surface area contributed by atoms with Crippen molar-refractivity contribution < 1.29 is 5.11 Å². The maximum Gasteiger partial charge on any atom is 0.110 e. The minimum Gasteiger partial charge on any atom is -0.380 e. The average molecular weight is 133 g/mol. The number of thiol groups is 1. The lowest BCUT2D eigenvalue weighted by Crippen LogP contribution is -2.37.